The van der Waals surface area contributed by atoms with Crippen LogP contribution in [-0.4, -0.2) is 41.0 Å². The molecule has 6 heteroatoms. The first-order valence-corrected chi connectivity index (χ1v) is 5.79. The predicted molar refractivity (Wildman–Crippen MR) is 60.4 cm³/mol. The number of nitrogens with one attached hydrogen (secondary N) is 1. The van der Waals surface area contributed by atoms with Gasteiger partial charge in [-0.15, -0.1) is 0 Å². The van der Waals surface area contributed by atoms with Crippen molar-refractivity contribution in [3.63, 3.8) is 0 Å². The molecule has 0 aromatic carbocycles. The molecule has 6 nitrogen and oxygen atoms in total. The average molecular weight is 242 g/mol. The van der Waals surface area contributed by atoms with Crippen LogP contribution in [0.5, 0.6) is 0 Å². The molecule has 2 N–H and O–H groups in total. The minimum absolute atomic E-state index is 0.167. The fourth-order valence-corrected chi connectivity index (χ4v) is 1.95. The Bertz CT molecular complexity index is 311. The second kappa shape index (κ2) is 6.22. The maximum Gasteiger partial charge on any atom is 0.324 e. The summed E-state index contributed by atoms with van der Waals surface area (Å²) in [4.78, 5) is 34.7. The number of rotatable bonds is 4. The lowest BCUT2D eigenvalue weighted by molar-refractivity contribution is -0.138. The molecule has 0 aliphatic heterocycles. The molecule has 0 bridgehead atoms. The summed E-state index contributed by atoms with van der Waals surface area (Å²) in [5.74, 6) is -1.58. The molecule has 1 rings (SSSR count). The van der Waals surface area contributed by atoms with E-state index in [0.29, 0.717) is 0 Å². The van der Waals surface area contributed by atoms with E-state index in [0.717, 1.165) is 25.7 Å². The van der Waals surface area contributed by atoms with Crippen LogP contribution in [0.3, 0.4) is 0 Å². The van der Waals surface area contributed by atoms with Gasteiger partial charge in [0.05, 0.1) is 6.42 Å². The molecule has 0 radical (unpaired) electrons. The number of carbonyl (C=O) groups is 3. The Morgan fingerprint density at radius 1 is 1.24 bits per heavy atom. The Labute approximate surface area is 100.0 Å². The molecule has 1 fully saturated rings. The molecule has 0 aromatic heterocycles. The zero-order chi connectivity index (χ0) is 12.8. The topological polar surface area (TPSA) is 86.7 Å². The van der Waals surface area contributed by atoms with Gasteiger partial charge in [-0.1, -0.05) is 12.8 Å². The summed E-state index contributed by atoms with van der Waals surface area (Å²) < 4.78 is 0. The molecule has 0 saturated heterocycles. The largest absolute Gasteiger partial charge is 0.481 e. The monoisotopic (exact) mass is 242 g/mol. The number of carboxylic acids is 1. The number of hydrogen-bond donors (Lipinski definition) is 2. The predicted octanol–water partition coefficient (Wildman–Crippen LogP) is 0.962. The molecule has 0 unspecified atom stereocenters. The zero-order valence-corrected chi connectivity index (χ0v) is 9.94. The van der Waals surface area contributed by atoms with E-state index in [9.17, 15) is 14.4 Å². The zero-order valence-electron chi connectivity index (χ0n) is 9.94. The van der Waals surface area contributed by atoms with Crippen LogP contribution in [0.4, 0.5) is 4.79 Å². The Morgan fingerprint density at radius 2 is 1.82 bits per heavy atom. The van der Waals surface area contributed by atoms with Gasteiger partial charge >= 0.3 is 12.0 Å². The summed E-state index contributed by atoms with van der Waals surface area (Å²) in [5, 5.41) is 10.6. The third-order valence-corrected chi connectivity index (χ3v) is 3.01. The van der Waals surface area contributed by atoms with Crippen molar-refractivity contribution in [2.24, 2.45) is 0 Å². The van der Waals surface area contributed by atoms with E-state index in [1.807, 2.05) is 0 Å². The van der Waals surface area contributed by atoms with Gasteiger partial charge < -0.3 is 10.0 Å². The number of amides is 3. The van der Waals surface area contributed by atoms with Crippen LogP contribution in [0.2, 0.25) is 0 Å². The van der Waals surface area contributed by atoms with Crippen LogP contribution in [0.15, 0.2) is 0 Å². The van der Waals surface area contributed by atoms with Gasteiger partial charge in [0.1, 0.15) is 0 Å². The number of imide groups is 1. The quantitative estimate of drug-likeness (QED) is 0.768. The number of carbonyl (C=O) groups excluding carboxylic acids is 2. The third kappa shape index (κ3) is 4.42. The van der Waals surface area contributed by atoms with Gasteiger partial charge in [-0.3, -0.25) is 14.9 Å². The molecule has 0 spiro atoms. The number of hydrogen-bond acceptors (Lipinski definition) is 3. The van der Waals surface area contributed by atoms with Crippen LogP contribution in [-0.2, 0) is 9.59 Å². The van der Waals surface area contributed by atoms with Crippen LogP contribution in [0.25, 0.3) is 0 Å². The highest BCUT2D eigenvalue weighted by molar-refractivity contribution is 5.95. The average Bonchev–Trinajstić information content (AvgIpc) is 2.78. The van der Waals surface area contributed by atoms with E-state index < -0.39 is 17.9 Å². The first-order chi connectivity index (χ1) is 8.00. The normalized spacial score (nSPS) is 15.6. The Balaban J connectivity index is 2.32. The SMILES string of the molecule is CN(C(=O)NC(=O)CCC(=O)O)C1CCCC1. The summed E-state index contributed by atoms with van der Waals surface area (Å²) in [5.41, 5.74) is 0. The maximum absolute atomic E-state index is 11.6. The molecule has 0 heterocycles. The van der Waals surface area contributed by atoms with Gasteiger partial charge in [0.2, 0.25) is 5.91 Å². The lowest BCUT2D eigenvalue weighted by atomic mass is 10.2. The van der Waals surface area contributed by atoms with Gasteiger partial charge in [-0.05, 0) is 12.8 Å². The highest BCUT2D eigenvalue weighted by atomic mass is 16.4. The van der Waals surface area contributed by atoms with Crippen molar-refractivity contribution in [3.8, 4) is 0 Å². The van der Waals surface area contributed by atoms with Gasteiger partial charge in [0.15, 0.2) is 0 Å². The molecule has 3 amide bonds. The lowest BCUT2D eigenvalue weighted by Gasteiger charge is -2.23. The number of aliphatic carboxylic acids is 1. The second-order valence-corrected chi connectivity index (χ2v) is 4.30. The van der Waals surface area contributed by atoms with E-state index >= 15 is 0 Å². The molecule has 1 aliphatic carbocycles. The fourth-order valence-electron chi connectivity index (χ4n) is 1.95. The first kappa shape index (κ1) is 13.5. The molecule has 0 atom stereocenters. The van der Waals surface area contributed by atoms with Gasteiger partial charge in [0.25, 0.3) is 0 Å². The summed E-state index contributed by atoms with van der Waals surface area (Å²) in [6.45, 7) is 0. The van der Waals surface area contributed by atoms with Gasteiger partial charge in [-0.25, -0.2) is 4.79 Å². The fraction of sp³-hybridized carbons (Fsp3) is 0.727. The van der Waals surface area contributed by atoms with E-state index in [1.165, 1.54) is 4.90 Å². The third-order valence-electron chi connectivity index (χ3n) is 3.01. The first-order valence-electron chi connectivity index (χ1n) is 5.79. The van der Waals surface area contributed by atoms with Gasteiger partial charge in [-0.2, -0.15) is 0 Å². The van der Waals surface area contributed by atoms with Crippen LogP contribution < -0.4 is 5.32 Å². The van der Waals surface area contributed by atoms with Gasteiger partial charge in [0, 0.05) is 19.5 Å². The summed E-state index contributed by atoms with van der Waals surface area (Å²) in [6.07, 6.45) is 3.72. The van der Waals surface area contributed by atoms with E-state index in [4.69, 9.17) is 5.11 Å². The Kier molecular flexibility index (Phi) is 4.93. The minimum Gasteiger partial charge on any atom is -0.481 e. The molecule has 0 aromatic rings. The van der Waals surface area contributed by atoms with E-state index in [-0.39, 0.29) is 18.9 Å². The van der Waals surface area contributed by atoms with Crippen molar-refractivity contribution in [1.29, 1.82) is 0 Å². The van der Waals surface area contributed by atoms with Crippen LogP contribution >= 0.6 is 0 Å². The van der Waals surface area contributed by atoms with E-state index in [1.54, 1.807) is 7.05 Å². The summed E-state index contributed by atoms with van der Waals surface area (Å²) >= 11 is 0. The van der Waals surface area contributed by atoms with Crippen LogP contribution in [0.1, 0.15) is 38.5 Å². The van der Waals surface area contributed by atoms with Crippen molar-refractivity contribution in [2.45, 2.75) is 44.6 Å². The maximum atomic E-state index is 11.6. The molecule has 1 aliphatic rings. The Hall–Kier alpha value is -1.59. The smallest absolute Gasteiger partial charge is 0.324 e. The highest BCUT2D eigenvalue weighted by Crippen LogP contribution is 2.22. The van der Waals surface area contributed by atoms with Crippen molar-refractivity contribution in [2.75, 3.05) is 7.05 Å². The number of urea groups is 1. The summed E-state index contributed by atoms with van der Waals surface area (Å²) in [7, 11) is 1.66. The minimum atomic E-state index is -1.04. The van der Waals surface area contributed by atoms with Crippen molar-refractivity contribution < 1.29 is 19.5 Å². The van der Waals surface area contributed by atoms with Crippen molar-refractivity contribution >= 4 is 17.9 Å². The molecular formula is C11H18N2O4. The molecular weight excluding hydrogens is 224 g/mol. The lowest BCUT2D eigenvalue weighted by Crippen LogP contribution is -2.44. The molecule has 17 heavy (non-hydrogen) atoms. The number of carboxylic acid groups (broad SMARTS) is 1. The Morgan fingerprint density at radius 3 is 2.35 bits per heavy atom. The highest BCUT2D eigenvalue weighted by Gasteiger charge is 2.24. The molecule has 1 saturated carbocycles. The van der Waals surface area contributed by atoms with E-state index in [2.05, 4.69) is 5.32 Å². The second-order valence-electron chi connectivity index (χ2n) is 4.30. The van der Waals surface area contributed by atoms with Crippen LogP contribution in [0, 0.1) is 0 Å². The summed E-state index contributed by atoms with van der Waals surface area (Å²) in [6, 6.07) is -0.241. The standard InChI is InChI=1S/C11H18N2O4/c1-13(8-4-2-3-5-8)11(17)12-9(14)6-7-10(15)16/h8H,2-7H2,1H3,(H,15,16)(H,12,14,17). The number of nitrogens with zero attached hydrogens (tertiary/aromatic N) is 1. The van der Waals surface area contributed by atoms with Crippen molar-refractivity contribution in [1.82, 2.24) is 10.2 Å². The molecule has 96 valence electrons. The van der Waals surface area contributed by atoms with Crippen molar-refractivity contribution in [3.05, 3.63) is 0 Å².